The van der Waals surface area contributed by atoms with Crippen LogP contribution in [-0.2, 0) is 0 Å². The fraction of sp³-hybridized carbons (Fsp3) is 0.684. The summed E-state index contributed by atoms with van der Waals surface area (Å²) in [7, 11) is 0. The molecule has 1 unspecified atom stereocenters. The number of hydrogen-bond donors (Lipinski definition) is 1. The highest BCUT2D eigenvalue weighted by Crippen LogP contribution is 2.26. The Hall–Kier alpha value is -0.530. The van der Waals surface area contributed by atoms with Crippen molar-refractivity contribution in [1.82, 2.24) is 5.32 Å². The van der Waals surface area contributed by atoms with Gasteiger partial charge in [-0.25, -0.2) is 0 Å². The lowest BCUT2D eigenvalue weighted by atomic mass is 9.86. The zero-order valence-electron chi connectivity index (χ0n) is 14.2. The van der Waals surface area contributed by atoms with Crippen LogP contribution in [0.3, 0.4) is 0 Å². The van der Waals surface area contributed by atoms with E-state index in [4.69, 9.17) is 11.6 Å². The molecule has 0 saturated carbocycles. The average Bonchev–Trinajstić information content (AvgIpc) is 2.45. The van der Waals surface area contributed by atoms with E-state index in [0.717, 1.165) is 11.6 Å². The zero-order chi connectivity index (χ0) is 15.7. The lowest BCUT2D eigenvalue weighted by molar-refractivity contribution is 0.283. The van der Waals surface area contributed by atoms with Crippen molar-refractivity contribution in [2.24, 2.45) is 5.41 Å². The van der Waals surface area contributed by atoms with Crippen molar-refractivity contribution in [2.45, 2.75) is 72.3 Å². The second kappa shape index (κ2) is 9.48. The maximum Gasteiger partial charge on any atom is 0.0406 e. The minimum absolute atomic E-state index is 0.369. The number of hydrogen-bond acceptors (Lipinski definition) is 1. The summed E-state index contributed by atoms with van der Waals surface area (Å²) < 4.78 is 0. The van der Waals surface area contributed by atoms with E-state index in [9.17, 15) is 0 Å². The third kappa shape index (κ3) is 7.33. The van der Waals surface area contributed by atoms with Gasteiger partial charge >= 0.3 is 0 Å². The summed E-state index contributed by atoms with van der Waals surface area (Å²) in [5.41, 5.74) is 1.72. The molecule has 1 aromatic rings. The molecule has 120 valence electrons. The molecule has 0 aliphatic carbocycles. The van der Waals surface area contributed by atoms with Gasteiger partial charge in [-0.3, -0.25) is 0 Å². The van der Waals surface area contributed by atoms with E-state index in [1.807, 2.05) is 12.1 Å². The molecule has 1 atom stereocenters. The van der Waals surface area contributed by atoms with Crippen molar-refractivity contribution in [3.8, 4) is 0 Å². The monoisotopic (exact) mass is 309 g/mol. The van der Waals surface area contributed by atoms with Crippen molar-refractivity contribution in [3.63, 3.8) is 0 Å². The molecule has 1 rings (SSSR count). The van der Waals surface area contributed by atoms with E-state index in [1.54, 1.807) is 0 Å². The predicted molar refractivity (Wildman–Crippen MR) is 95.0 cm³/mol. The van der Waals surface area contributed by atoms with Gasteiger partial charge in [-0.2, -0.15) is 0 Å². The highest BCUT2D eigenvalue weighted by Gasteiger charge is 2.19. The van der Waals surface area contributed by atoms with E-state index in [1.165, 1.54) is 44.1 Å². The van der Waals surface area contributed by atoms with Gasteiger partial charge in [-0.1, -0.05) is 77.1 Å². The molecular weight excluding hydrogens is 278 g/mol. The van der Waals surface area contributed by atoms with Gasteiger partial charge in [0.2, 0.25) is 0 Å². The van der Waals surface area contributed by atoms with Gasteiger partial charge in [0.1, 0.15) is 0 Å². The molecule has 21 heavy (non-hydrogen) atoms. The number of unbranched alkanes of at least 4 members (excludes halogenated alkanes) is 2. The van der Waals surface area contributed by atoms with Crippen molar-refractivity contribution in [3.05, 3.63) is 34.9 Å². The van der Waals surface area contributed by atoms with Crippen LogP contribution in [0.5, 0.6) is 0 Å². The van der Waals surface area contributed by atoms with Gasteiger partial charge in [0.25, 0.3) is 0 Å². The molecular formula is C19H32ClN. The second-order valence-electron chi connectivity index (χ2n) is 6.90. The van der Waals surface area contributed by atoms with Crippen LogP contribution in [0.1, 0.15) is 77.8 Å². The molecule has 1 aromatic carbocycles. The summed E-state index contributed by atoms with van der Waals surface area (Å²) in [5.74, 6) is 0. The largest absolute Gasteiger partial charge is 0.309 e. The van der Waals surface area contributed by atoms with Crippen molar-refractivity contribution < 1.29 is 0 Å². The summed E-state index contributed by atoms with van der Waals surface area (Å²) in [6.07, 6.45) is 7.65. The van der Waals surface area contributed by atoms with Crippen molar-refractivity contribution in [2.75, 3.05) is 6.54 Å². The summed E-state index contributed by atoms with van der Waals surface area (Å²) in [4.78, 5) is 0. The Balaban J connectivity index is 2.56. The van der Waals surface area contributed by atoms with E-state index in [0.29, 0.717) is 11.5 Å². The molecule has 0 aliphatic rings. The van der Waals surface area contributed by atoms with Crippen LogP contribution in [0.4, 0.5) is 0 Å². The first-order valence-electron chi connectivity index (χ1n) is 8.47. The molecule has 0 aromatic heterocycles. The maximum atomic E-state index is 5.99. The number of halogens is 1. The molecule has 0 heterocycles. The van der Waals surface area contributed by atoms with Crippen LogP contribution in [0, 0.1) is 5.41 Å². The van der Waals surface area contributed by atoms with Crippen LogP contribution < -0.4 is 5.32 Å². The van der Waals surface area contributed by atoms with Gasteiger partial charge in [0.05, 0.1) is 0 Å². The van der Waals surface area contributed by atoms with Gasteiger partial charge in [-0.05, 0) is 36.0 Å². The number of rotatable bonds is 10. The predicted octanol–water partition coefficient (Wildman–Crippen LogP) is 6.38. The Kier molecular flexibility index (Phi) is 8.36. The Morgan fingerprint density at radius 2 is 1.71 bits per heavy atom. The minimum Gasteiger partial charge on any atom is -0.309 e. The van der Waals surface area contributed by atoms with Crippen LogP contribution in [-0.4, -0.2) is 6.54 Å². The van der Waals surface area contributed by atoms with Gasteiger partial charge in [-0.15, -0.1) is 0 Å². The number of benzene rings is 1. The topological polar surface area (TPSA) is 12.0 Å². The van der Waals surface area contributed by atoms with Crippen LogP contribution >= 0.6 is 11.6 Å². The smallest absolute Gasteiger partial charge is 0.0406 e. The molecule has 0 fully saturated rings. The summed E-state index contributed by atoms with van der Waals surface area (Å²) in [5, 5.41) is 4.59. The molecule has 0 amide bonds. The van der Waals surface area contributed by atoms with E-state index in [-0.39, 0.29) is 0 Å². The highest BCUT2D eigenvalue weighted by molar-refractivity contribution is 6.30. The normalized spacial score (nSPS) is 13.4. The molecule has 0 spiro atoms. The molecule has 0 aliphatic heterocycles. The Labute approximate surface area is 136 Å². The third-order valence-electron chi connectivity index (χ3n) is 4.13. The highest BCUT2D eigenvalue weighted by atomic mass is 35.5. The van der Waals surface area contributed by atoms with E-state index in [2.05, 4.69) is 45.1 Å². The molecule has 1 nitrogen and oxygen atoms in total. The fourth-order valence-corrected chi connectivity index (χ4v) is 2.84. The van der Waals surface area contributed by atoms with Crippen molar-refractivity contribution >= 4 is 11.6 Å². The molecule has 0 saturated heterocycles. The summed E-state index contributed by atoms with van der Waals surface area (Å²) in [6, 6.07) is 8.73. The SMILES string of the molecule is CCCCCC(C)(C)CNC(CCC)c1ccc(Cl)cc1. The van der Waals surface area contributed by atoms with E-state index < -0.39 is 0 Å². The first-order valence-corrected chi connectivity index (χ1v) is 8.85. The Morgan fingerprint density at radius 3 is 2.29 bits per heavy atom. The second-order valence-corrected chi connectivity index (χ2v) is 7.33. The summed E-state index contributed by atoms with van der Waals surface area (Å²) >= 11 is 5.99. The van der Waals surface area contributed by atoms with Crippen LogP contribution in [0.2, 0.25) is 5.02 Å². The number of nitrogens with one attached hydrogen (secondary N) is 1. The Bertz CT molecular complexity index is 383. The molecule has 1 N–H and O–H groups in total. The zero-order valence-corrected chi connectivity index (χ0v) is 15.0. The average molecular weight is 310 g/mol. The molecule has 2 heteroatoms. The van der Waals surface area contributed by atoms with Gasteiger partial charge < -0.3 is 5.32 Å². The lowest BCUT2D eigenvalue weighted by Gasteiger charge is -2.29. The van der Waals surface area contributed by atoms with Crippen LogP contribution in [0.15, 0.2) is 24.3 Å². The van der Waals surface area contributed by atoms with Crippen LogP contribution in [0.25, 0.3) is 0 Å². The first kappa shape index (κ1) is 18.5. The molecule has 0 radical (unpaired) electrons. The first-order chi connectivity index (χ1) is 9.98. The Morgan fingerprint density at radius 1 is 1.05 bits per heavy atom. The fourth-order valence-electron chi connectivity index (χ4n) is 2.71. The van der Waals surface area contributed by atoms with Gasteiger partial charge in [0.15, 0.2) is 0 Å². The van der Waals surface area contributed by atoms with E-state index >= 15 is 0 Å². The standard InChI is InChI=1S/C19H32ClN/c1-5-7-8-14-19(3,4)15-21-18(9-6-2)16-10-12-17(20)13-11-16/h10-13,18,21H,5-9,14-15H2,1-4H3. The lowest BCUT2D eigenvalue weighted by Crippen LogP contribution is -2.32. The third-order valence-corrected chi connectivity index (χ3v) is 4.39. The minimum atomic E-state index is 0.369. The molecule has 0 bridgehead atoms. The summed E-state index contributed by atoms with van der Waals surface area (Å²) in [6.45, 7) is 10.3. The van der Waals surface area contributed by atoms with Gasteiger partial charge in [0, 0.05) is 17.6 Å². The maximum absolute atomic E-state index is 5.99. The quantitative estimate of drug-likeness (QED) is 0.495. The van der Waals surface area contributed by atoms with Crippen molar-refractivity contribution in [1.29, 1.82) is 0 Å².